The molecule has 3 aromatic rings. The molecule has 0 saturated carbocycles. The molecule has 0 amide bonds. The third-order valence-electron chi connectivity index (χ3n) is 6.50. The molecule has 7 heteroatoms. The number of methoxy groups -OCH3 is 3. The summed E-state index contributed by atoms with van der Waals surface area (Å²) in [6, 6.07) is 13.5. The maximum absolute atomic E-state index is 13.4. The van der Waals surface area contributed by atoms with E-state index in [1.54, 1.807) is 28.3 Å². The van der Waals surface area contributed by atoms with Crippen LogP contribution in [0.25, 0.3) is 0 Å². The van der Waals surface area contributed by atoms with Crippen molar-refractivity contribution in [1.29, 1.82) is 0 Å². The van der Waals surface area contributed by atoms with Crippen molar-refractivity contribution in [1.82, 2.24) is 4.98 Å². The molecule has 184 valence electrons. The van der Waals surface area contributed by atoms with Gasteiger partial charge in [-0.3, -0.25) is 4.79 Å². The zero-order chi connectivity index (χ0) is 24.9. The van der Waals surface area contributed by atoms with Gasteiger partial charge in [-0.2, -0.15) is 0 Å². The van der Waals surface area contributed by atoms with Gasteiger partial charge in [-0.25, -0.2) is 4.79 Å². The highest BCUT2D eigenvalue weighted by molar-refractivity contribution is 6.04. The number of H-pyrrole nitrogens is 1. The monoisotopic (exact) mass is 477 g/mol. The molecule has 0 aliphatic heterocycles. The molecule has 7 nitrogen and oxygen atoms in total. The quantitative estimate of drug-likeness (QED) is 0.441. The first kappa shape index (κ1) is 24.4. The number of hydrogen-bond acceptors (Lipinski definition) is 6. The lowest BCUT2D eigenvalue weighted by molar-refractivity contribution is 0.0518. The van der Waals surface area contributed by atoms with E-state index in [0.717, 1.165) is 28.1 Å². The molecular formula is C28H31NO6. The molecule has 0 unspecified atom stereocenters. The Labute approximate surface area is 205 Å². The van der Waals surface area contributed by atoms with Gasteiger partial charge >= 0.3 is 5.97 Å². The average molecular weight is 478 g/mol. The number of aryl methyl sites for hydroxylation is 1. The molecule has 1 N–H and O–H groups in total. The van der Waals surface area contributed by atoms with E-state index in [4.69, 9.17) is 18.9 Å². The summed E-state index contributed by atoms with van der Waals surface area (Å²) in [6.07, 6.45) is 2.18. The Hall–Kier alpha value is -3.74. The predicted molar refractivity (Wildman–Crippen MR) is 132 cm³/mol. The van der Waals surface area contributed by atoms with Gasteiger partial charge in [-0.05, 0) is 73.1 Å². The second-order valence-electron chi connectivity index (χ2n) is 8.55. The number of aromatic nitrogens is 1. The highest BCUT2D eigenvalue weighted by Gasteiger charge is 2.34. The van der Waals surface area contributed by atoms with Crippen LogP contribution in [-0.4, -0.2) is 44.7 Å². The van der Waals surface area contributed by atoms with Gasteiger partial charge in [0, 0.05) is 17.7 Å². The van der Waals surface area contributed by atoms with E-state index in [9.17, 15) is 9.59 Å². The Morgan fingerprint density at radius 3 is 2.49 bits per heavy atom. The number of ketones is 1. The van der Waals surface area contributed by atoms with Crippen LogP contribution in [0.2, 0.25) is 0 Å². The smallest absolute Gasteiger partial charge is 0.355 e. The van der Waals surface area contributed by atoms with E-state index in [2.05, 4.69) is 4.98 Å². The molecule has 0 radical (unpaired) electrons. The fourth-order valence-corrected chi connectivity index (χ4v) is 4.80. The molecule has 1 aromatic heterocycles. The van der Waals surface area contributed by atoms with Crippen molar-refractivity contribution in [3.63, 3.8) is 0 Å². The van der Waals surface area contributed by atoms with Gasteiger partial charge in [0.25, 0.3) is 0 Å². The molecule has 0 spiro atoms. The van der Waals surface area contributed by atoms with Gasteiger partial charge in [-0.1, -0.05) is 18.2 Å². The third kappa shape index (κ3) is 5.04. The lowest BCUT2D eigenvalue weighted by Gasteiger charge is -2.23. The summed E-state index contributed by atoms with van der Waals surface area (Å²) < 4.78 is 21.4. The number of hydrogen-bond donors (Lipinski definition) is 1. The Bertz CT molecular complexity index is 1230. The number of Topliss-reactive ketones (excluding diaryl/α,β-unsaturated/α-hetero) is 1. The van der Waals surface area contributed by atoms with Crippen LogP contribution >= 0.6 is 0 Å². The molecule has 1 atom stereocenters. The summed E-state index contributed by atoms with van der Waals surface area (Å²) in [6.45, 7) is 2.04. The van der Waals surface area contributed by atoms with E-state index in [1.165, 1.54) is 0 Å². The Morgan fingerprint density at radius 1 is 0.971 bits per heavy atom. The number of fused-ring (bicyclic) bond motifs is 1. The highest BCUT2D eigenvalue weighted by Crippen LogP contribution is 2.39. The summed E-state index contributed by atoms with van der Waals surface area (Å²) in [7, 11) is 4.82. The first-order valence-corrected chi connectivity index (χ1v) is 11.8. The molecule has 1 heterocycles. The summed E-state index contributed by atoms with van der Waals surface area (Å²) in [4.78, 5) is 29.5. The number of carbonyl (C=O) groups excluding carboxylic acids is 2. The van der Waals surface area contributed by atoms with E-state index < -0.39 is 5.97 Å². The Balaban J connectivity index is 1.66. The van der Waals surface area contributed by atoms with Crippen molar-refractivity contribution in [3.05, 3.63) is 76.1 Å². The van der Waals surface area contributed by atoms with Crippen LogP contribution in [0.5, 0.6) is 17.2 Å². The molecule has 0 fully saturated rings. The minimum absolute atomic E-state index is 0.0264. The van der Waals surface area contributed by atoms with Crippen molar-refractivity contribution >= 4 is 11.8 Å². The van der Waals surface area contributed by atoms with Gasteiger partial charge in [0.2, 0.25) is 0 Å². The van der Waals surface area contributed by atoms with E-state index in [-0.39, 0.29) is 18.3 Å². The van der Waals surface area contributed by atoms with Crippen molar-refractivity contribution in [2.24, 2.45) is 0 Å². The van der Waals surface area contributed by atoms with Crippen molar-refractivity contribution < 1.29 is 28.5 Å². The van der Waals surface area contributed by atoms with Gasteiger partial charge in [0.1, 0.15) is 11.4 Å². The fourth-order valence-electron chi connectivity index (χ4n) is 4.80. The first-order valence-electron chi connectivity index (χ1n) is 11.8. The average Bonchev–Trinajstić information content (AvgIpc) is 3.26. The Kier molecular flexibility index (Phi) is 7.44. The normalized spacial score (nSPS) is 14.9. The second-order valence-corrected chi connectivity index (χ2v) is 8.55. The summed E-state index contributed by atoms with van der Waals surface area (Å²) in [5, 5.41) is 0. The summed E-state index contributed by atoms with van der Waals surface area (Å²) in [5.41, 5.74) is 4.59. The molecule has 0 saturated heterocycles. The SMILES string of the molecule is CCOC(=O)c1[nH]c2c(c1CCc1cccc(OC)c1)C(=O)C[C@@H](c1ccc(OC)c(OC)c1)C2. The fraction of sp³-hybridized carbons (Fsp3) is 0.357. The summed E-state index contributed by atoms with van der Waals surface area (Å²) in [5.74, 6) is 1.61. The van der Waals surface area contributed by atoms with Gasteiger partial charge < -0.3 is 23.9 Å². The van der Waals surface area contributed by atoms with Crippen LogP contribution < -0.4 is 14.2 Å². The molecule has 1 aliphatic carbocycles. The zero-order valence-electron chi connectivity index (χ0n) is 20.6. The first-order chi connectivity index (χ1) is 17.0. The number of nitrogens with one attached hydrogen (secondary N) is 1. The van der Waals surface area contributed by atoms with E-state index >= 15 is 0 Å². The Morgan fingerprint density at radius 2 is 1.77 bits per heavy atom. The molecular weight excluding hydrogens is 446 g/mol. The molecule has 0 bridgehead atoms. The van der Waals surface area contributed by atoms with Crippen molar-refractivity contribution in [2.45, 2.75) is 38.5 Å². The predicted octanol–water partition coefficient (Wildman–Crippen LogP) is 4.92. The minimum atomic E-state index is -0.432. The van der Waals surface area contributed by atoms with Crippen LogP contribution in [0.15, 0.2) is 42.5 Å². The van der Waals surface area contributed by atoms with Gasteiger partial charge in [0.05, 0.1) is 27.9 Å². The summed E-state index contributed by atoms with van der Waals surface area (Å²) >= 11 is 0. The van der Waals surface area contributed by atoms with Crippen molar-refractivity contribution in [2.75, 3.05) is 27.9 Å². The number of esters is 1. The van der Waals surface area contributed by atoms with Crippen LogP contribution in [0.1, 0.15) is 62.5 Å². The third-order valence-corrected chi connectivity index (χ3v) is 6.50. The number of carbonyl (C=O) groups is 2. The molecule has 4 rings (SSSR count). The lowest BCUT2D eigenvalue weighted by atomic mass is 9.80. The number of rotatable bonds is 9. The van der Waals surface area contributed by atoms with Crippen LogP contribution in [0.4, 0.5) is 0 Å². The number of aromatic amines is 1. The lowest BCUT2D eigenvalue weighted by Crippen LogP contribution is -2.19. The molecule has 2 aromatic carbocycles. The van der Waals surface area contributed by atoms with Crippen molar-refractivity contribution in [3.8, 4) is 17.2 Å². The van der Waals surface area contributed by atoms with Crippen LogP contribution in [-0.2, 0) is 24.0 Å². The zero-order valence-corrected chi connectivity index (χ0v) is 20.6. The molecule has 1 aliphatic rings. The van der Waals surface area contributed by atoms with E-state index in [0.29, 0.717) is 48.4 Å². The number of benzene rings is 2. The highest BCUT2D eigenvalue weighted by atomic mass is 16.5. The van der Waals surface area contributed by atoms with Gasteiger partial charge in [-0.15, -0.1) is 0 Å². The largest absolute Gasteiger partial charge is 0.497 e. The van der Waals surface area contributed by atoms with E-state index in [1.807, 2.05) is 42.5 Å². The van der Waals surface area contributed by atoms with Crippen LogP contribution in [0, 0.1) is 0 Å². The molecule has 35 heavy (non-hydrogen) atoms. The maximum Gasteiger partial charge on any atom is 0.355 e. The standard InChI is InChI=1S/C28H31NO6/c1-5-35-28(31)27-21(11-9-17-7-6-8-20(13-17)32-2)26-22(29-27)14-19(15-23(26)30)18-10-12-24(33-3)25(16-18)34-4/h6-8,10,12-13,16,19,29H,5,9,11,14-15H2,1-4H3/t19-/m0/s1. The number of ether oxygens (including phenoxy) is 4. The topological polar surface area (TPSA) is 86.9 Å². The van der Waals surface area contributed by atoms with Crippen LogP contribution in [0.3, 0.4) is 0 Å². The second kappa shape index (κ2) is 10.7. The maximum atomic E-state index is 13.4. The minimum Gasteiger partial charge on any atom is -0.497 e. The van der Waals surface area contributed by atoms with Gasteiger partial charge in [0.15, 0.2) is 17.3 Å².